The summed E-state index contributed by atoms with van der Waals surface area (Å²) in [5, 5.41) is 15.0. The zero-order valence-corrected chi connectivity index (χ0v) is 13.9. The van der Waals surface area contributed by atoms with Crippen molar-refractivity contribution in [2.24, 2.45) is 0 Å². The van der Waals surface area contributed by atoms with Crippen LogP contribution in [0.25, 0.3) is 10.9 Å². The minimum atomic E-state index is -0.410. The van der Waals surface area contributed by atoms with Gasteiger partial charge < -0.3 is 15.0 Å². The average molecular weight is 348 g/mol. The molecular formula is C17H18ClN3O3. The number of aromatic nitrogens is 1. The highest BCUT2D eigenvalue weighted by Gasteiger charge is 2.06. The maximum atomic E-state index is 10.6. The fraction of sp³-hybridized carbons (Fsp3) is 0.176. The van der Waals surface area contributed by atoms with Crippen molar-refractivity contribution in [1.29, 1.82) is 0 Å². The van der Waals surface area contributed by atoms with Gasteiger partial charge in [0.1, 0.15) is 12.4 Å². The van der Waals surface area contributed by atoms with Crippen LogP contribution in [0.15, 0.2) is 48.7 Å². The summed E-state index contributed by atoms with van der Waals surface area (Å²) in [5.74, 6) is 0.759. The first-order chi connectivity index (χ1) is 11.2. The largest absolute Gasteiger partial charge is 0.489 e. The molecule has 2 N–H and O–H groups in total. The Morgan fingerprint density at radius 2 is 1.96 bits per heavy atom. The van der Waals surface area contributed by atoms with Crippen molar-refractivity contribution >= 4 is 34.7 Å². The van der Waals surface area contributed by atoms with Crippen LogP contribution in [0.1, 0.15) is 12.5 Å². The number of nitrogens with zero attached hydrogens (tertiary/aromatic N) is 1. The van der Waals surface area contributed by atoms with E-state index in [1.165, 1.54) is 12.1 Å². The van der Waals surface area contributed by atoms with E-state index in [-0.39, 0.29) is 18.1 Å². The predicted octanol–water partition coefficient (Wildman–Crippen LogP) is 4.51. The first kappa shape index (κ1) is 17.6. The topological polar surface area (TPSA) is 80.2 Å². The summed E-state index contributed by atoms with van der Waals surface area (Å²) in [4.78, 5) is 13.4. The normalized spacial score (nSPS) is 10.2. The second-order valence-corrected chi connectivity index (χ2v) is 5.15. The molecule has 24 heavy (non-hydrogen) atoms. The summed E-state index contributed by atoms with van der Waals surface area (Å²) >= 11 is 0. The van der Waals surface area contributed by atoms with Crippen LogP contribution in [0.4, 0.5) is 11.4 Å². The molecule has 0 spiro atoms. The van der Waals surface area contributed by atoms with Crippen molar-refractivity contribution < 1.29 is 9.66 Å². The van der Waals surface area contributed by atoms with E-state index in [0.29, 0.717) is 6.61 Å². The van der Waals surface area contributed by atoms with Crippen LogP contribution in [0.3, 0.4) is 0 Å². The Morgan fingerprint density at radius 3 is 2.62 bits per heavy atom. The van der Waals surface area contributed by atoms with Crippen LogP contribution < -0.4 is 10.1 Å². The third-order valence-electron chi connectivity index (χ3n) is 3.57. The van der Waals surface area contributed by atoms with Gasteiger partial charge in [-0.05, 0) is 42.8 Å². The molecule has 0 bridgehead atoms. The minimum Gasteiger partial charge on any atom is -0.489 e. The lowest BCUT2D eigenvalue weighted by atomic mass is 10.2. The number of nitro benzene ring substituents is 1. The molecule has 0 amide bonds. The van der Waals surface area contributed by atoms with Crippen molar-refractivity contribution in [2.45, 2.75) is 13.5 Å². The van der Waals surface area contributed by atoms with Crippen molar-refractivity contribution in [2.75, 3.05) is 11.9 Å². The first-order valence-corrected chi connectivity index (χ1v) is 7.38. The number of ether oxygens (including phenoxy) is 1. The Bertz CT molecular complexity index is 831. The number of anilines is 1. The molecule has 6 nitrogen and oxygen atoms in total. The highest BCUT2D eigenvalue weighted by molar-refractivity contribution is 5.93. The average Bonchev–Trinajstić information content (AvgIpc) is 2.96. The van der Waals surface area contributed by atoms with Gasteiger partial charge in [-0.15, -0.1) is 12.4 Å². The summed E-state index contributed by atoms with van der Waals surface area (Å²) in [7, 11) is 0. The van der Waals surface area contributed by atoms with Crippen molar-refractivity contribution in [3.8, 4) is 5.75 Å². The Labute approximate surface area is 145 Å². The molecule has 7 heteroatoms. The van der Waals surface area contributed by atoms with Gasteiger partial charge in [0.25, 0.3) is 5.69 Å². The summed E-state index contributed by atoms with van der Waals surface area (Å²) in [5.41, 5.74) is 3.06. The number of benzene rings is 2. The molecule has 0 aliphatic rings. The van der Waals surface area contributed by atoms with Gasteiger partial charge in [-0.2, -0.15) is 0 Å². The monoisotopic (exact) mass is 347 g/mol. The van der Waals surface area contributed by atoms with Crippen LogP contribution in [-0.2, 0) is 6.61 Å². The third kappa shape index (κ3) is 3.78. The van der Waals surface area contributed by atoms with Gasteiger partial charge in [0.2, 0.25) is 0 Å². The Kier molecular flexibility index (Phi) is 5.65. The molecule has 0 fully saturated rings. The van der Waals surface area contributed by atoms with Crippen LogP contribution in [0.2, 0.25) is 0 Å². The van der Waals surface area contributed by atoms with Crippen molar-refractivity contribution in [1.82, 2.24) is 4.98 Å². The molecule has 3 rings (SSSR count). The number of halogens is 1. The summed E-state index contributed by atoms with van der Waals surface area (Å²) in [6.45, 7) is 3.26. The Hall–Kier alpha value is -2.73. The Morgan fingerprint density at radius 1 is 1.21 bits per heavy atom. The molecule has 0 saturated heterocycles. The molecule has 1 heterocycles. The lowest BCUT2D eigenvalue weighted by Crippen LogP contribution is -1.97. The van der Waals surface area contributed by atoms with Crippen LogP contribution in [0.5, 0.6) is 5.75 Å². The van der Waals surface area contributed by atoms with E-state index in [1.807, 2.05) is 31.3 Å². The first-order valence-electron chi connectivity index (χ1n) is 7.38. The summed E-state index contributed by atoms with van der Waals surface area (Å²) in [6.07, 6.45) is 1.94. The molecule has 0 saturated carbocycles. The highest BCUT2D eigenvalue weighted by atomic mass is 35.5. The van der Waals surface area contributed by atoms with E-state index in [4.69, 9.17) is 4.74 Å². The van der Waals surface area contributed by atoms with Gasteiger partial charge in [-0.3, -0.25) is 10.1 Å². The van der Waals surface area contributed by atoms with Gasteiger partial charge in [0.05, 0.1) is 10.6 Å². The second kappa shape index (κ2) is 7.70. The quantitative estimate of drug-likeness (QED) is 0.508. The number of aromatic amines is 1. The molecule has 0 aliphatic heterocycles. The Balaban J connectivity index is 0.00000208. The van der Waals surface area contributed by atoms with Gasteiger partial charge in [0.15, 0.2) is 0 Å². The maximum absolute atomic E-state index is 10.6. The molecular weight excluding hydrogens is 330 g/mol. The molecule has 0 aliphatic carbocycles. The lowest BCUT2D eigenvalue weighted by Gasteiger charge is -2.07. The summed E-state index contributed by atoms with van der Waals surface area (Å²) in [6, 6.07) is 12.2. The molecule has 0 unspecified atom stereocenters. The maximum Gasteiger partial charge on any atom is 0.269 e. The smallest absolute Gasteiger partial charge is 0.269 e. The number of nitro groups is 1. The lowest BCUT2D eigenvalue weighted by molar-refractivity contribution is -0.384. The number of H-pyrrole nitrogens is 1. The molecule has 126 valence electrons. The zero-order chi connectivity index (χ0) is 16.2. The van der Waals surface area contributed by atoms with E-state index in [1.54, 1.807) is 12.1 Å². The molecule has 2 aromatic carbocycles. The molecule has 3 aromatic rings. The number of hydrogen-bond donors (Lipinski definition) is 2. The number of rotatable bonds is 6. The number of fused-ring (bicyclic) bond motifs is 1. The van der Waals surface area contributed by atoms with Crippen molar-refractivity contribution in [3.05, 3.63) is 64.3 Å². The van der Waals surface area contributed by atoms with Crippen LogP contribution in [-0.4, -0.2) is 16.5 Å². The zero-order valence-electron chi connectivity index (χ0n) is 13.1. The minimum absolute atomic E-state index is 0. The van der Waals surface area contributed by atoms with E-state index in [0.717, 1.165) is 34.4 Å². The van der Waals surface area contributed by atoms with Gasteiger partial charge in [0, 0.05) is 35.8 Å². The highest BCUT2D eigenvalue weighted by Crippen LogP contribution is 2.27. The van der Waals surface area contributed by atoms with E-state index >= 15 is 0 Å². The number of non-ortho nitro benzene ring substituents is 1. The van der Waals surface area contributed by atoms with Crippen LogP contribution in [0, 0.1) is 10.1 Å². The van der Waals surface area contributed by atoms with E-state index in [2.05, 4.69) is 10.3 Å². The molecule has 0 atom stereocenters. The fourth-order valence-electron chi connectivity index (χ4n) is 2.41. The number of hydrogen-bond acceptors (Lipinski definition) is 4. The predicted molar refractivity (Wildman–Crippen MR) is 97.1 cm³/mol. The van der Waals surface area contributed by atoms with Crippen molar-refractivity contribution in [3.63, 3.8) is 0 Å². The molecule has 1 aromatic heterocycles. The summed E-state index contributed by atoms with van der Waals surface area (Å²) < 4.78 is 5.79. The SMILES string of the molecule is CCNc1c[nH]c2ccc(OCc3ccc([N+](=O)[O-])cc3)cc12.Cl. The van der Waals surface area contributed by atoms with Gasteiger partial charge in [-0.1, -0.05) is 0 Å². The number of nitrogens with one attached hydrogen (secondary N) is 2. The van der Waals surface area contributed by atoms with Gasteiger partial charge in [-0.25, -0.2) is 0 Å². The third-order valence-corrected chi connectivity index (χ3v) is 3.57. The van der Waals surface area contributed by atoms with Gasteiger partial charge >= 0.3 is 0 Å². The standard InChI is InChI=1S/C17H17N3O3.ClH/c1-2-18-17-10-19-16-8-7-14(9-15(16)17)23-11-12-3-5-13(6-4-12)20(21)22;/h3-10,18-19H,2,11H2,1H3;1H. The fourth-order valence-corrected chi connectivity index (χ4v) is 2.41. The molecule has 0 radical (unpaired) electrons. The van der Waals surface area contributed by atoms with E-state index in [9.17, 15) is 10.1 Å². The van der Waals surface area contributed by atoms with Crippen LogP contribution >= 0.6 is 12.4 Å². The van der Waals surface area contributed by atoms with E-state index < -0.39 is 4.92 Å². The second-order valence-electron chi connectivity index (χ2n) is 5.15.